The van der Waals surface area contributed by atoms with Crippen molar-refractivity contribution in [1.82, 2.24) is 10.2 Å². The molecule has 1 heterocycles. The molecule has 1 aliphatic heterocycles. The van der Waals surface area contributed by atoms with Crippen molar-refractivity contribution in [3.8, 4) is 0 Å². The lowest BCUT2D eigenvalue weighted by molar-refractivity contribution is -0.146. The van der Waals surface area contributed by atoms with Gasteiger partial charge in [-0.2, -0.15) is 0 Å². The maximum atomic E-state index is 12.0. The van der Waals surface area contributed by atoms with E-state index in [1.807, 2.05) is 0 Å². The number of carboxylic acid groups (broad SMARTS) is 1. The quantitative estimate of drug-likeness (QED) is 0.802. The molecule has 0 spiro atoms. The van der Waals surface area contributed by atoms with Crippen LogP contribution in [0, 0.1) is 11.3 Å². The van der Waals surface area contributed by atoms with Crippen LogP contribution >= 0.6 is 0 Å². The van der Waals surface area contributed by atoms with Crippen molar-refractivity contribution in [3.63, 3.8) is 0 Å². The topological polar surface area (TPSA) is 69.6 Å². The monoisotopic (exact) mass is 254 g/mol. The van der Waals surface area contributed by atoms with Gasteiger partial charge in [0.15, 0.2) is 0 Å². The third kappa shape index (κ3) is 2.60. The number of carbonyl (C=O) groups is 2. The van der Waals surface area contributed by atoms with Crippen molar-refractivity contribution >= 4 is 12.0 Å². The number of nitrogens with zero attached hydrogens (tertiary/aromatic N) is 1. The minimum absolute atomic E-state index is 0.0939. The van der Waals surface area contributed by atoms with Crippen LogP contribution in [0.25, 0.3) is 0 Å². The van der Waals surface area contributed by atoms with Crippen LogP contribution < -0.4 is 5.32 Å². The molecule has 2 N–H and O–H groups in total. The second-order valence-corrected chi connectivity index (χ2v) is 5.88. The summed E-state index contributed by atoms with van der Waals surface area (Å²) in [6.45, 7) is 4.72. The highest BCUT2D eigenvalue weighted by molar-refractivity contribution is 5.79. The second kappa shape index (κ2) is 4.78. The van der Waals surface area contributed by atoms with E-state index in [0.29, 0.717) is 31.5 Å². The van der Waals surface area contributed by atoms with E-state index in [9.17, 15) is 9.59 Å². The first kappa shape index (κ1) is 13.2. The lowest BCUT2D eigenvalue weighted by Gasteiger charge is -2.20. The molecule has 2 rings (SSSR count). The van der Waals surface area contributed by atoms with Gasteiger partial charge in [-0.15, -0.1) is 0 Å². The maximum absolute atomic E-state index is 12.0. The fourth-order valence-electron chi connectivity index (χ4n) is 2.67. The molecule has 5 nitrogen and oxygen atoms in total. The van der Waals surface area contributed by atoms with Gasteiger partial charge in [0.1, 0.15) is 0 Å². The zero-order valence-corrected chi connectivity index (χ0v) is 11.1. The Balaban J connectivity index is 1.80. The fourth-order valence-corrected chi connectivity index (χ4v) is 2.67. The summed E-state index contributed by atoms with van der Waals surface area (Å²) in [7, 11) is 0. The van der Waals surface area contributed by atoms with Crippen LogP contribution in [0.15, 0.2) is 0 Å². The smallest absolute Gasteiger partial charge is 0.317 e. The van der Waals surface area contributed by atoms with Gasteiger partial charge in [-0.25, -0.2) is 4.79 Å². The molecule has 1 unspecified atom stereocenters. The molecule has 0 aromatic carbocycles. The minimum atomic E-state index is -0.812. The van der Waals surface area contributed by atoms with Crippen LogP contribution in [0.4, 0.5) is 4.79 Å². The Morgan fingerprint density at radius 2 is 2.22 bits per heavy atom. The number of aliphatic carboxylic acids is 1. The molecule has 0 aromatic rings. The Morgan fingerprint density at radius 3 is 2.78 bits per heavy atom. The Morgan fingerprint density at radius 1 is 1.50 bits per heavy atom. The maximum Gasteiger partial charge on any atom is 0.317 e. The number of carboxylic acids is 1. The normalized spacial score (nSPS) is 34.4. The third-order valence-corrected chi connectivity index (χ3v) is 4.17. The zero-order valence-electron chi connectivity index (χ0n) is 11.1. The van der Waals surface area contributed by atoms with Gasteiger partial charge in [-0.3, -0.25) is 4.79 Å². The predicted molar refractivity (Wildman–Crippen MR) is 67.3 cm³/mol. The SMILES string of the molecule is CCC[C@@H]1C[C@H]1NC(=O)N1CCC(C)(C(=O)O)C1. The standard InChI is InChI=1S/C13H22N2O3/c1-3-4-9-7-10(9)14-12(18)15-6-5-13(2,8-15)11(16)17/h9-10H,3-8H2,1-2H3,(H,14,18)(H,16,17)/t9-,10-,13?/m1/s1. The highest BCUT2D eigenvalue weighted by Gasteiger charge is 2.44. The first-order valence-electron chi connectivity index (χ1n) is 6.75. The molecule has 2 amide bonds. The summed E-state index contributed by atoms with van der Waals surface area (Å²) in [5.74, 6) is -0.180. The van der Waals surface area contributed by atoms with E-state index in [1.165, 1.54) is 0 Å². The van der Waals surface area contributed by atoms with Crippen LogP contribution in [0.1, 0.15) is 39.5 Å². The van der Waals surface area contributed by atoms with Crippen LogP contribution in [0.3, 0.4) is 0 Å². The first-order valence-corrected chi connectivity index (χ1v) is 6.75. The van der Waals surface area contributed by atoms with Crippen molar-refractivity contribution < 1.29 is 14.7 Å². The molecule has 102 valence electrons. The Labute approximate surface area is 108 Å². The molecule has 2 aliphatic rings. The summed E-state index contributed by atoms with van der Waals surface area (Å²) < 4.78 is 0. The Kier molecular flexibility index (Phi) is 3.50. The van der Waals surface area contributed by atoms with E-state index < -0.39 is 11.4 Å². The van der Waals surface area contributed by atoms with Gasteiger partial charge < -0.3 is 15.3 Å². The van der Waals surface area contributed by atoms with E-state index in [2.05, 4.69) is 12.2 Å². The minimum Gasteiger partial charge on any atom is -0.481 e. The average Bonchev–Trinajstić information content (AvgIpc) is 2.88. The molecular formula is C13H22N2O3. The molecule has 2 fully saturated rings. The van der Waals surface area contributed by atoms with Crippen LogP contribution in [-0.4, -0.2) is 41.1 Å². The molecule has 1 aliphatic carbocycles. The number of amides is 2. The molecule has 0 radical (unpaired) electrons. The van der Waals surface area contributed by atoms with Crippen molar-refractivity contribution in [2.24, 2.45) is 11.3 Å². The lowest BCUT2D eigenvalue weighted by Crippen LogP contribution is -2.42. The van der Waals surface area contributed by atoms with E-state index in [1.54, 1.807) is 11.8 Å². The summed E-state index contributed by atoms with van der Waals surface area (Å²) in [6, 6.07) is 0.220. The number of hydrogen-bond acceptors (Lipinski definition) is 2. The summed E-state index contributed by atoms with van der Waals surface area (Å²) in [4.78, 5) is 24.7. The number of hydrogen-bond donors (Lipinski definition) is 2. The summed E-state index contributed by atoms with van der Waals surface area (Å²) in [6.07, 6.45) is 3.93. The predicted octanol–water partition coefficient (Wildman–Crippen LogP) is 1.68. The third-order valence-electron chi connectivity index (χ3n) is 4.17. The largest absolute Gasteiger partial charge is 0.481 e. The summed E-state index contributed by atoms with van der Waals surface area (Å²) >= 11 is 0. The number of urea groups is 1. The lowest BCUT2D eigenvalue weighted by atomic mass is 9.90. The van der Waals surface area contributed by atoms with Gasteiger partial charge in [0.2, 0.25) is 0 Å². The van der Waals surface area contributed by atoms with Crippen molar-refractivity contribution in [2.45, 2.75) is 45.6 Å². The van der Waals surface area contributed by atoms with Crippen molar-refractivity contribution in [3.05, 3.63) is 0 Å². The van der Waals surface area contributed by atoms with Crippen LogP contribution in [0.5, 0.6) is 0 Å². The zero-order chi connectivity index (χ0) is 13.3. The first-order chi connectivity index (χ1) is 8.46. The van der Waals surface area contributed by atoms with Gasteiger partial charge in [0, 0.05) is 19.1 Å². The van der Waals surface area contributed by atoms with Crippen LogP contribution in [-0.2, 0) is 4.79 Å². The van der Waals surface area contributed by atoms with Gasteiger partial charge >= 0.3 is 12.0 Å². The number of carbonyl (C=O) groups excluding carboxylic acids is 1. The van der Waals surface area contributed by atoms with E-state index in [-0.39, 0.29) is 6.03 Å². The highest BCUT2D eigenvalue weighted by atomic mass is 16.4. The Hall–Kier alpha value is -1.26. The van der Waals surface area contributed by atoms with E-state index in [0.717, 1.165) is 19.3 Å². The number of nitrogens with one attached hydrogen (secondary N) is 1. The molecule has 1 saturated heterocycles. The van der Waals surface area contributed by atoms with Gasteiger partial charge in [-0.05, 0) is 32.1 Å². The molecule has 5 heteroatoms. The van der Waals surface area contributed by atoms with E-state index >= 15 is 0 Å². The van der Waals surface area contributed by atoms with Crippen molar-refractivity contribution in [1.29, 1.82) is 0 Å². The summed E-state index contributed by atoms with van der Waals surface area (Å²) in [5.41, 5.74) is -0.774. The average molecular weight is 254 g/mol. The van der Waals surface area contributed by atoms with Gasteiger partial charge in [0.25, 0.3) is 0 Å². The van der Waals surface area contributed by atoms with E-state index in [4.69, 9.17) is 5.11 Å². The molecule has 0 bridgehead atoms. The molecule has 18 heavy (non-hydrogen) atoms. The van der Waals surface area contributed by atoms with Gasteiger partial charge in [-0.1, -0.05) is 13.3 Å². The Bertz CT molecular complexity index is 358. The highest BCUT2D eigenvalue weighted by Crippen LogP contribution is 2.35. The molecule has 1 saturated carbocycles. The number of likely N-dealkylation sites (tertiary alicyclic amines) is 1. The van der Waals surface area contributed by atoms with Gasteiger partial charge in [0.05, 0.1) is 5.41 Å². The fraction of sp³-hybridized carbons (Fsp3) is 0.846. The number of rotatable bonds is 4. The molecule has 0 aromatic heterocycles. The second-order valence-electron chi connectivity index (χ2n) is 5.88. The molecule has 3 atom stereocenters. The molecular weight excluding hydrogens is 232 g/mol. The summed E-state index contributed by atoms with van der Waals surface area (Å²) in [5, 5.41) is 12.1. The van der Waals surface area contributed by atoms with Crippen molar-refractivity contribution in [2.75, 3.05) is 13.1 Å². The van der Waals surface area contributed by atoms with Crippen LogP contribution in [0.2, 0.25) is 0 Å².